The average molecular weight is 533 g/mol. The van der Waals surface area contributed by atoms with Gasteiger partial charge in [0.25, 0.3) is 15.9 Å². The van der Waals surface area contributed by atoms with E-state index in [-0.39, 0.29) is 46.6 Å². The molecule has 0 aliphatic heterocycles. The number of ether oxygens (including phenoxy) is 2. The molecule has 0 aromatic carbocycles. The standard InChI is InChI=1S/C21H20ClF3N4O5S/c1-33-13-2-4-14(5-3-13)35(31,32)28-19(30)15-6-7-16(26-18(15)22)29-11-8-17(27-29)34-12-20(9-10-20)21(23,24)25/h2,4,6-8,11H,3,5,9-10,12H2,1H3,(H,28,30). The summed E-state index contributed by atoms with van der Waals surface area (Å²) in [6, 6.07) is 3.99. The van der Waals surface area contributed by atoms with E-state index >= 15 is 0 Å². The van der Waals surface area contributed by atoms with Crippen LogP contribution in [0.25, 0.3) is 5.82 Å². The third-order valence-corrected chi connectivity index (χ3v) is 7.51. The zero-order chi connectivity index (χ0) is 25.4. The van der Waals surface area contributed by atoms with E-state index in [9.17, 15) is 26.4 Å². The van der Waals surface area contributed by atoms with Crippen molar-refractivity contribution in [3.8, 4) is 11.7 Å². The molecule has 2 aliphatic carbocycles. The van der Waals surface area contributed by atoms with Crippen molar-refractivity contribution in [2.75, 3.05) is 13.7 Å². The van der Waals surface area contributed by atoms with E-state index in [4.69, 9.17) is 21.1 Å². The number of methoxy groups -OCH3 is 1. The molecule has 1 amide bonds. The van der Waals surface area contributed by atoms with Gasteiger partial charge in [-0.2, -0.15) is 13.2 Å². The van der Waals surface area contributed by atoms with Crippen molar-refractivity contribution < 1.29 is 35.9 Å². The lowest BCUT2D eigenvalue weighted by Crippen LogP contribution is -2.32. The van der Waals surface area contributed by atoms with Gasteiger partial charge < -0.3 is 9.47 Å². The summed E-state index contributed by atoms with van der Waals surface area (Å²) >= 11 is 6.11. The van der Waals surface area contributed by atoms with E-state index in [1.165, 1.54) is 48.3 Å². The minimum Gasteiger partial charge on any atom is -0.501 e. The first-order chi connectivity index (χ1) is 16.4. The number of amides is 1. The van der Waals surface area contributed by atoms with E-state index in [1.807, 2.05) is 4.72 Å². The number of carbonyl (C=O) groups excluding carboxylic acids is 1. The van der Waals surface area contributed by atoms with Crippen molar-refractivity contribution in [3.05, 3.63) is 57.9 Å². The number of rotatable bonds is 8. The molecule has 4 rings (SSSR count). The lowest BCUT2D eigenvalue weighted by atomic mass is 10.1. The van der Waals surface area contributed by atoms with Gasteiger partial charge >= 0.3 is 6.18 Å². The first kappa shape index (κ1) is 25.0. The maximum Gasteiger partial charge on any atom is 0.397 e. The number of pyridine rings is 1. The predicted octanol–water partition coefficient (Wildman–Crippen LogP) is 3.91. The summed E-state index contributed by atoms with van der Waals surface area (Å²) in [7, 11) is -2.62. The summed E-state index contributed by atoms with van der Waals surface area (Å²) < 4.78 is 77.7. The molecule has 0 atom stereocenters. The lowest BCUT2D eigenvalue weighted by molar-refractivity contribution is -0.194. The van der Waals surface area contributed by atoms with Gasteiger partial charge in [0, 0.05) is 18.7 Å². The van der Waals surface area contributed by atoms with Crippen molar-refractivity contribution in [2.24, 2.45) is 5.41 Å². The van der Waals surface area contributed by atoms with Crippen LogP contribution in [0.5, 0.6) is 5.88 Å². The van der Waals surface area contributed by atoms with Crippen LogP contribution in [0.3, 0.4) is 0 Å². The minimum absolute atomic E-state index is 0.00972. The topological polar surface area (TPSA) is 112 Å². The molecule has 0 bridgehead atoms. The maximum absolute atomic E-state index is 13.0. The number of sulfonamides is 1. The number of halogens is 4. The summed E-state index contributed by atoms with van der Waals surface area (Å²) in [5.74, 6) is -0.230. The Bertz CT molecular complexity index is 1320. The molecule has 1 saturated carbocycles. The summed E-state index contributed by atoms with van der Waals surface area (Å²) in [6.45, 7) is -0.533. The maximum atomic E-state index is 13.0. The molecule has 9 nitrogen and oxygen atoms in total. The van der Waals surface area contributed by atoms with Gasteiger partial charge in [-0.3, -0.25) is 4.79 Å². The Hall–Kier alpha value is -3.06. The summed E-state index contributed by atoms with van der Waals surface area (Å²) in [5.41, 5.74) is -2.02. The normalized spacial score (nSPS) is 17.3. The predicted molar refractivity (Wildman–Crippen MR) is 118 cm³/mol. The number of hydrogen-bond acceptors (Lipinski definition) is 7. The molecule has 0 saturated heterocycles. The van der Waals surface area contributed by atoms with Gasteiger partial charge in [0.15, 0.2) is 5.82 Å². The van der Waals surface area contributed by atoms with Crippen LogP contribution >= 0.6 is 11.6 Å². The number of hydrogen-bond donors (Lipinski definition) is 1. The Kier molecular flexibility index (Phi) is 6.58. The summed E-state index contributed by atoms with van der Waals surface area (Å²) in [5, 5.41) is 3.74. The second-order valence-corrected chi connectivity index (χ2v) is 10.2. The van der Waals surface area contributed by atoms with E-state index in [0.717, 1.165) is 0 Å². The van der Waals surface area contributed by atoms with Crippen molar-refractivity contribution in [2.45, 2.75) is 31.9 Å². The molecule has 0 unspecified atom stereocenters. The van der Waals surface area contributed by atoms with Crippen LogP contribution in [0.2, 0.25) is 5.15 Å². The zero-order valence-electron chi connectivity index (χ0n) is 18.3. The molecule has 35 heavy (non-hydrogen) atoms. The Morgan fingerprint density at radius 2 is 1.97 bits per heavy atom. The lowest BCUT2D eigenvalue weighted by Gasteiger charge is -2.18. The largest absolute Gasteiger partial charge is 0.501 e. The highest BCUT2D eigenvalue weighted by Gasteiger charge is 2.64. The molecular weight excluding hydrogens is 513 g/mol. The Labute approximate surface area is 203 Å². The highest BCUT2D eigenvalue weighted by Crippen LogP contribution is 2.57. The van der Waals surface area contributed by atoms with Crippen LogP contribution in [-0.4, -0.2) is 49.0 Å². The fourth-order valence-corrected chi connectivity index (χ4v) is 4.68. The molecule has 0 spiro atoms. The third-order valence-electron chi connectivity index (χ3n) is 5.74. The van der Waals surface area contributed by atoms with Crippen LogP contribution in [0, 0.1) is 5.41 Å². The van der Waals surface area contributed by atoms with E-state index < -0.39 is 34.1 Å². The first-order valence-electron chi connectivity index (χ1n) is 10.4. The zero-order valence-corrected chi connectivity index (χ0v) is 19.9. The fraction of sp³-hybridized carbons (Fsp3) is 0.381. The average Bonchev–Trinajstić information content (AvgIpc) is 3.47. The number of nitrogens with one attached hydrogen (secondary N) is 1. The molecule has 2 aromatic heterocycles. The SMILES string of the molecule is COC1=CC=C(S(=O)(=O)NC(=O)c2ccc(-n3ccc(OCC4(C(F)(F)F)CC4)n3)nc2Cl)CC1. The van der Waals surface area contributed by atoms with E-state index in [1.54, 1.807) is 0 Å². The summed E-state index contributed by atoms with van der Waals surface area (Å²) in [6.07, 6.45) is 0.502. The number of alkyl halides is 3. The van der Waals surface area contributed by atoms with Gasteiger partial charge in [-0.15, -0.1) is 5.10 Å². The van der Waals surface area contributed by atoms with Crippen molar-refractivity contribution >= 4 is 27.5 Å². The van der Waals surface area contributed by atoms with Crippen molar-refractivity contribution in [3.63, 3.8) is 0 Å². The first-order valence-corrected chi connectivity index (χ1v) is 12.2. The van der Waals surface area contributed by atoms with Gasteiger partial charge in [0.1, 0.15) is 17.2 Å². The molecule has 2 aromatic rings. The summed E-state index contributed by atoms with van der Waals surface area (Å²) in [4.78, 5) is 16.6. The molecular formula is C21H20ClF3N4O5S. The van der Waals surface area contributed by atoms with Crippen LogP contribution in [0.15, 0.2) is 47.2 Å². The molecule has 2 heterocycles. The molecule has 188 valence electrons. The highest BCUT2D eigenvalue weighted by atomic mass is 35.5. The van der Waals surface area contributed by atoms with Crippen molar-refractivity contribution in [1.29, 1.82) is 0 Å². The van der Waals surface area contributed by atoms with E-state index in [2.05, 4.69) is 10.1 Å². The van der Waals surface area contributed by atoms with Gasteiger partial charge in [-0.25, -0.2) is 22.8 Å². The number of carbonyl (C=O) groups is 1. The highest BCUT2D eigenvalue weighted by molar-refractivity contribution is 7.93. The number of allylic oxidation sites excluding steroid dienone is 4. The smallest absolute Gasteiger partial charge is 0.397 e. The number of nitrogens with zero attached hydrogens (tertiary/aromatic N) is 3. The monoisotopic (exact) mass is 532 g/mol. The molecule has 2 aliphatic rings. The van der Waals surface area contributed by atoms with Gasteiger partial charge in [-0.05, 0) is 43.5 Å². The van der Waals surface area contributed by atoms with E-state index in [0.29, 0.717) is 12.2 Å². The van der Waals surface area contributed by atoms with Crippen LogP contribution in [-0.2, 0) is 14.8 Å². The molecule has 0 radical (unpaired) electrons. The van der Waals surface area contributed by atoms with Crippen LogP contribution < -0.4 is 9.46 Å². The minimum atomic E-state index is -4.34. The van der Waals surface area contributed by atoms with Gasteiger partial charge in [0.2, 0.25) is 5.88 Å². The van der Waals surface area contributed by atoms with Crippen LogP contribution in [0.1, 0.15) is 36.0 Å². The van der Waals surface area contributed by atoms with Gasteiger partial charge in [0.05, 0.1) is 23.3 Å². The Morgan fingerprint density at radius 1 is 1.23 bits per heavy atom. The quantitative estimate of drug-likeness (QED) is 0.513. The second-order valence-electron chi connectivity index (χ2n) is 8.08. The molecule has 1 N–H and O–H groups in total. The molecule has 14 heteroatoms. The Balaban J connectivity index is 1.43. The Morgan fingerprint density at radius 3 is 2.54 bits per heavy atom. The van der Waals surface area contributed by atoms with Crippen molar-refractivity contribution in [1.82, 2.24) is 19.5 Å². The third kappa shape index (κ3) is 5.30. The molecule has 1 fully saturated rings. The van der Waals surface area contributed by atoms with Gasteiger partial charge in [-0.1, -0.05) is 11.6 Å². The fourth-order valence-electron chi connectivity index (χ4n) is 3.34. The second kappa shape index (κ2) is 9.19. The van der Waals surface area contributed by atoms with Crippen LogP contribution in [0.4, 0.5) is 13.2 Å². The number of aromatic nitrogens is 3.